The lowest BCUT2D eigenvalue weighted by molar-refractivity contribution is -0.139. The minimum absolute atomic E-state index is 0.128. The number of methoxy groups -OCH3 is 1. The fourth-order valence-corrected chi connectivity index (χ4v) is 4.49. The average Bonchev–Trinajstić information content (AvgIpc) is 3.08. The van der Waals surface area contributed by atoms with Crippen LogP contribution in [-0.4, -0.2) is 43.1 Å². The van der Waals surface area contributed by atoms with E-state index in [9.17, 15) is 18.3 Å². The Morgan fingerprint density at radius 2 is 1.95 bits per heavy atom. The van der Waals surface area contributed by atoms with E-state index in [1.807, 2.05) is 0 Å². The summed E-state index contributed by atoms with van der Waals surface area (Å²) in [4.78, 5) is 11.3. The van der Waals surface area contributed by atoms with Crippen LogP contribution >= 0.6 is 0 Å². The lowest BCUT2D eigenvalue weighted by Gasteiger charge is -2.05. The zero-order valence-corrected chi connectivity index (χ0v) is 12.1. The van der Waals surface area contributed by atoms with Crippen molar-refractivity contribution in [3.05, 3.63) is 29.8 Å². The molecule has 0 spiro atoms. The summed E-state index contributed by atoms with van der Waals surface area (Å²) in [5.74, 6) is -1.53. The van der Waals surface area contributed by atoms with Gasteiger partial charge in [-0.3, -0.25) is 4.79 Å². The summed E-state index contributed by atoms with van der Waals surface area (Å²) in [5, 5.41) is 8.18. The van der Waals surface area contributed by atoms with Gasteiger partial charge in [0.1, 0.15) is 11.3 Å². The standard InChI is InChI=1S/C13H17NO5S/c1-3-20(17,18)11-10(13(11,14)12(15)16)8-4-6-9(19-2)7-5-8/h4-7,10-11H,3,14H2,1-2H3,(H,15,16)/t10-,11+,13+/m1/s1. The van der Waals surface area contributed by atoms with E-state index >= 15 is 0 Å². The molecule has 20 heavy (non-hydrogen) atoms. The molecule has 0 heterocycles. The van der Waals surface area contributed by atoms with Gasteiger partial charge in [0.2, 0.25) is 0 Å². The van der Waals surface area contributed by atoms with Gasteiger partial charge in [-0.2, -0.15) is 0 Å². The summed E-state index contributed by atoms with van der Waals surface area (Å²) in [6, 6.07) is 6.62. The van der Waals surface area contributed by atoms with Gasteiger partial charge in [0.25, 0.3) is 0 Å². The normalized spacial score (nSPS) is 28.9. The highest BCUT2D eigenvalue weighted by Gasteiger charge is 2.73. The maximum Gasteiger partial charge on any atom is 0.325 e. The molecular formula is C13H17NO5S. The lowest BCUT2D eigenvalue weighted by Crippen LogP contribution is -2.40. The number of carboxylic acids is 1. The maximum absolute atomic E-state index is 12.0. The lowest BCUT2D eigenvalue weighted by atomic mass is 10.1. The van der Waals surface area contributed by atoms with Crippen LogP contribution < -0.4 is 10.5 Å². The third-order valence-corrected chi connectivity index (χ3v) is 6.05. The van der Waals surface area contributed by atoms with Crippen LogP contribution in [0, 0.1) is 0 Å². The summed E-state index contributed by atoms with van der Waals surface area (Å²) in [6.07, 6.45) is 0. The van der Waals surface area contributed by atoms with Gasteiger partial charge < -0.3 is 15.6 Å². The maximum atomic E-state index is 12.0. The molecule has 0 saturated heterocycles. The monoisotopic (exact) mass is 299 g/mol. The molecule has 0 amide bonds. The Morgan fingerprint density at radius 3 is 2.35 bits per heavy atom. The Hall–Kier alpha value is -1.60. The molecule has 110 valence electrons. The second-order valence-corrected chi connectivity index (χ2v) is 7.27. The number of benzene rings is 1. The van der Waals surface area contributed by atoms with E-state index in [1.165, 1.54) is 14.0 Å². The van der Waals surface area contributed by atoms with Crippen LogP contribution in [0.4, 0.5) is 0 Å². The molecule has 3 atom stereocenters. The number of aliphatic carboxylic acids is 1. The van der Waals surface area contributed by atoms with E-state index in [2.05, 4.69) is 0 Å². The van der Waals surface area contributed by atoms with Gasteiger partial charge in [0.05, 0.1) is 12.4 Å². The molecule has 0 radical (unpaired) electrons. The SMILES string of the molecule is CCS(=O)(=O)[C@H]1[C@@H](c2ccc(OC)cc2)[C@@]1(N)C(=O)O. The fourth-order valence-electron chi connectivity index (χ4n) is 2.57. The van der Waals surface area contributed by atoms with Gasteiger partial charge in [-0.15, -0.1) is 0 Å². The predicted octanol–water partition coefficient (Wildman–Crippen LogP) is 0.378. The molecule has 1 fully saturated rings. The topological polar surface area (TPSA) is 107 Å². The first-order valence-corrected chi connectivity index (χ1v) is 7.88. The highest BCUT2D eigenvalue weighted by Crippen LogP contribution is 2.54. The molecule has 3 N–H and O–H groups in total. The van der Waals surface area contributed by atoms with Gasteiger partial charge in [0, 0.05) is 11.7 Å². The summed E-state index contributed by atoms with van der Waals surface area (Å²) in [7, 11) is -2.01. The molecular weight excluding hydrogens is 282 g/mol. The molecule has 1 aromatic carbocycles. The minimum atomic E-state index is -3.53. The quantitative estimate of drug-likeness (QED) is 0.814. The molecule has 6 nitrogen and oxygen atoms in total. The Kier molecular flexibility index (Phi) is 3.51. The van der Waals surface area contributed by atoms with Crippen LogP contribution in [0.5, 0.6) is 5.75 Å². The highest BCUT2D eigenvalue weighted by atomic mass is 32.2. The number of rotatable bonds is 5. The molecule has 0 bridgehead atoms. The van der Waals surface area contributed by atoms with Gasteiger partial charge >= 0.3 is 5.97 Å². The van der Waals surface area contributed by atoms with E-state index < -0.39 is 32.5 Å². The Bertz CT molecular complexity index is 625. The summed E-state index contributed by atoms with van der Waals surface area (Å²) >= 11 is 0. The largest absolute Gasteiger partial charge is 0.497 e. The van der Waals surface area contributed by atoms with Gasteiger partial charge in [-0.05, 0) is 17.7 Å². The Morgan fingerprint density at radius 1 is 1.40 bits per heavy atom. The van der Waals surface area contributed by atoms with E-state index in [1.54, 1.807) is 24.3 Å². The molecule has 0 aliphatic heterocycles. The van der Waals surface area contributed by atoms with Crippen molar-refractivity contribution in [3.8, 4) is 5.75 Å². The van der Waals surface area contributed by atoms with Crippen molar-refractivity contribution in [2.45, 2.75) is 23.6 Å². The molecule has 1 aromatic rings. The van der Waals surface area contributed by atoms with Crippen molar-refractivity contribution in [1.82, 2.24) is 0 Å². The third kappa shape index (κ3) is 2.06. The Balaban J connectivity index is 2.41. The smallest absolute Gasteiger partial charge is 0.325 e. The van der Waals surface area contributed by atoms with E-state index in [-0.39, 0.29) is 5.75 Å². The number of nitrogens with two attached hydrogens (primary N) is 1. The van der Waals surface area contributed by atoms with Crippen LogP contribution in [0.1, 0.15) is 18.4 Å². The van der Waals surface area contributed by atoms with Crippen LogP contribution in [-0.2, 0) is 14.6 Å². The molecule has 7 heteroatoms. The van der Waals surface area contributed by atoms with Crippen molar-refractivity contribution in [3.63, 3.8) is 0 Å². The molecule has 0 unspecified atom stereocenters. The Labute approximate surface area is 117 Å². The zero-order valence-electron chi connectivity index (χ0n) is 11.2. The van der Waals surface area contributed by atoms with E-state index in [0.717, 1.165) is 0 Å². The van der Waals surface area contributed by atoms with E-state index in [0.29, 0.717) is 11.3 Å². The number of carbonyl (C=O) groups is 1. The highest BCUT2D eigenvalue weighted by molar-refractivity contribution is 7.92. The number of carboxylic acid groups (broad SMARTS) is 1. The van der Waals surface area contributed by atoms with Crippen LogP contribution in [0.25, 0.3) is 0 Å². The second-order valence-electron chi connectivity index (χ2n) is 4.86. The zero-order chi connectivity index (χ0) is 15.1. The van der Waals surface area contributed by atoms with E-state index in [4.69, 9.17) is 10.5 Å². The van der Waals surface area contributed by atoms with Crippen molar-refractivity contribution >= 4 is 15.8 Å². The fraction of sp³-hybridized carbons (Fsp3) is 0.462. The molecule has 1 aliphatic rings. The first kappa shape index (κ1) is 14.8. The summed E-state index contributed by atoms with van der Waals surface area (Å²) in [5.41, 5.74) is 4.68. The number of hydrogen-bond donors (Lipinski definition) is 2. The van der Waals surface area contributed by atoms with Gasteiger partial charge in [-0.25, -0.2) is 8.42 Å². The first-order valence-electron chi connectivity index (χ1n) is 6.16. The van der Waals surface area contributed by atoms with Crippen LogP contribution in [0.3, 0.4) is 0 Å². The predicted molar refractivity (Wildman–Crippen MR) is 73.5 cm³/mol. The van der Waals surface area contributed by atoms with Crippen molar-refractivity contribution < 1.29 is 23.1 Å². The number of hydrogen-bond acceptors (Lipinski definition) is 5. The van der Waals surface area contributed by atoms with Gasteiger partial charge in [0.15, 0.2) is 9.84 Å². The van der Waals surface area contributed by atoms with Crippen LogP contribution in [0.15, 0.2) is 24.3 Å². The number of ether oxygens (including phenoxy) is 1. The van der Waals surface area contributed by atoms with Crippen molar-refractivity contribution in [2.75, 3.05) is 12.9 Å². The molecule has 1 saturated carbocycles. The molecule has 2 rings (SSSR count). The molecule has 0 aromatic heterocycles. The van der Waals surface area contributed by atoms with Gasteiger partial charge in [-0.1, -0.05) is 19.1 Å². The van der Waals surface area contributed by atoms with Crippen molar-refractivity contribution in [2.24, 2.45) is 5.73 Å². The average molecular weight is 299 g/mol. The summed E-state index contributed by atoms with van der Waals surface area (Å²) < 4.78 is 29.1. The van der Waals surface area contributed by atoms with Crippen molar-refractivity contribution in [1.29, 1.82) is 0 Å². The minimum Gasteiger partial charge on any atom is -0.497 e. The molecule has 1 aliphatic carbocycles. The second kappa shape index (κ2) is 4.75. The number of sulfone groups is 1. The third-order valence-electron chi connectivity index (χ3n) is 3.81. The van der Waals surface area contributed by atoms with Crippen LogP contribution in [0.2, 0.25) is 0 Å². The summed E-state index contributed by atoms with van der Waals surface area (Å²) in [6.45, 7) is 1.49. The first-order chi connectivity index (χ1) is 9.29.